The fraction of sp³-hybridized carbons (Fsp3) is 0.533. The molecule has 0 amide bonds. The topological polar surface area (TPSA) is 52.0 Å². The van der Waals surface area contributed by atoms with Crippen molar-refractivity contribution in [2.24, 2.45) is 0 Å². The highest BCUT2D eigenvalue weighted by Crippen LogP contribution is 2.57. The minimum absolute atomic E-state index is 0.123. The Hall–Kier alpha value is -1.55. The molecule has 2 fully saturated rings. The van der Waals surface area contributed by atoms with Gasteiger partial charge in [0.25, 0.3) is 0 Å². The van der Waals surface area contributed by atoms with E-state index in [0.29, 0.717) is 0 Å². The van der Waals surface area contributed by atoms with Gasteiger partial charge in [-0.05, 0) is 32.3 Å². The molecule has 2 saturated heterocycles. The lowest BCUT2D eigenvalue weighted by Gasteiger charge is -2.13. The Morgan fingerprint density at radius 2 is 2.21 bits per heavy atom. The smallest absolute Gasteiger partial charge is 0.342 e. The van der Waals surface area contributed by atoms with Crippen LogP contribution in [-0.2, 0) is 20.7 Å². The molecule has 3 heterocycles. The number of hydrogen-bond donors (Lipinski definition) is 0. The van der Waals surface area contributed by atoms with Crippen LogP contribution in [0.4, 0.5) is 0 Å². The number of hydrogen-bond acceptors (Lipinski definition) is 4. The Morgan fingerprint density at radius 1 is 1.37 bits per heavy atom. The van der Waals surface area contributed by atoms with Gasteiger partial charge in [-0.15, -0.1) is 0 Å². The van der Waals surface area contributed by atoms with Gasteiger partial charge in [0.1, 0.15) is 11.9 Å². The first kappa shape index (κ1) is 11.3. The third-order valence-electron chi connectivity index (χ3n) is 4.43. The highest BCUT2D eigenvalue weighted by molar-refractivity contribution is 5.87. The number of rotatable bonds is 0. The number of ether oxygens (including phenoxy) is 2. The summed E-state index contributed by atoms with van der Waals surface area (Å²) in [5, 5.41) is 0. The van der Waals surface area contributed by atoms with Crippen molar-refractivity contribution in [2.75, 3.05) is 0 Å². The van der Waals surface area contributed by atoms with Gasteiger partial charge in [-0.25, -0.2) is 4.79 Å². The summed E-state index contributed by atoms with van der Waals surface area (Å²) in [7, 11) is 0. The van der Waals surface area contributed by atoms with Crippen LogP contribution in [0.5, 0.6) is 0 Å². The molecule has 2 bridgehead atoms. The van der Waals surface area contributed by atoms with Crippen LogP contribution in [0.3, 0.4) is 0 Å². The van der Waals surface area contributed by atoms with E-state index in [1.807, 2.05) is 6.92 Å². The molecule has 0 N–H and O–H groups in total. The Kier molecular flexibility index (Phi) is 2.09. The quantitative estimate of drug-likeness (QED) is 0.409. The van der Waals surface area contributed by atoms with Gasteiger partial charge in [-0.1, -0.05) is 11.6 Å². The van der Waals surface area contributed by atoms with E-state index in [9.17, 15) is 4.79 Å². The second kappa shape index (κ2) is 3.51. The van der Waals surface area contributed by atoms with E-state index < -0.39 is 5.60 Å². The predicted molar refractivity (Wildman–Crippen MR) is 66.6 cm³/mol. The Bertz CT molecular complexity index is 597. The van der Waals surface area contributed by atoms with Crippen molar-refractivity contribution in [1.82, 2.24) is 0 Å². The molecule has 0 spiro atoms. The SMILES string of the molecule is CC1=CCC[C@]23O[C@@H]2[C@@H](OC3=O)c2c(C)coc2C1. The summed E-state index contributed by atoms with van der Waals surface area (Å²) >= 11 is 0. The van der Waals surface area contributed by atoms with Crippen molar-refractivity contribution in [2.45, 2.75) is 50.9 Å². The fourth-order valence-electron chi connectivity index (χ4n) is 3.34. The molecular weight excluding hydrogens is 244 g/mol. The van der Waals surface area contributed by atoms with Crippen LogP contribution in [0.25, 0.3) is 0 Å². The molecule has 19 heavy (non-hydrogen) atoms. The van der Waals surface area contributed by atoms with E-state index in [1.165, 1.54) is 5.57 Å². The number of aryl methyl sites for hydroxylation is 1. The predicted octanol–water partition coefficient (Wildman–Crippen LogP) is 2.61. The van der Waals surface area contributed by atoms with E-state index in [4.69, 9.17) is 13.9 Å². The third-order valence-corrected chi connectivity index (χ3v) is 4.43. The highest BCUT2D eigenvalue weighted by atomic mass is 16.7. The number of epoxide rings is 1. The summed E-state index contributed by atoms with van der Waals surface area (Å²) in [6.45, 7) is 4.08. The number of fused-ring (bicyclic) bond motifs is 2. The third kappa shape index (κ3) is 1.40. The summed E-state index contributed by atoms with van der Waals surface area (Å²) in [5.41, 5.74) is 2.62. The van der Waals surface area contributed by atoms with Crippen molar-refractivity contribution in [3.63, 3.8) is 0 Å². The fourth-order valence-corrected chi connectivity index (χ4v) is 3.34. The van der Waals surface area contributed by atoms with Crippen LogP contribution in [0.1, 0.15) is 42.8 Å². The molecule has 0 radical (unpaired) electrons. The zero-order valence-corrected chi connectivity index (χ0v) is 11.1. The number of esters is 1. The molecule has 0 saturated carbocycles. The first-order chi connectivity index (χ1) is 9.12. The van der Waals surface area contributed by atoms with Gasteiger partial charge >= 0.3 is 5.97 Å². The van der Waals surface area contributed by atoms with Crippen molar-refractivity contribution in [3.8, 4) is 0 Å². The summed E-state index contributed by atoms with van der Waals surface area (Å²) in [6.07, 6.45) is 5.84. The van der Waals surface area contributed by atoms with E-state index in [2.05, 4.69) is 13.0 Å². The second-order valence-electron chi connectivity index (χ2n) is 5.78. The van der Waals surface area contributed by atoms with Crippen LogP contribution < -0.4 is 0 Å². The van der Waals surface area contributed by atoms with Crippen molar-refractivity contribution >= 4 is 5.97 Å². The van der Waals surface area contributed by atoms with Gasteiger partial charge in [0.2, 0.25) is 0 Å². The molecule has 1 aliphatic carbocycles. The minimum Gasteiger partial charge on any atom is -0.468 e. The van der Waals surface area contributed by atoms with Crippen molar-refractivity contribution in [3.05, 3.63) is 34.8 Å². The van der Waals surface area contributed by atoms with Crippen molar-refractivity contribution < 1.29 is 18.7 Å². The summed E-state index contributed by atoms with van der Waals surface area (Å²) < 4.78 is 16.9. The van der Waals surface area contributed by atoms with Crippen LogP contribution in [-0.4, -0.2) is 17.7 Å². The maximum Gasteiger partial charge on any atom is 0.342 e. The van der Waals surface area contributed by atoms with Gasteiger partial charge in [0.05, 0.1) is 6.26 Å². The average molecular weight is 260 g/mol. The molecule has 0 aromatic carbocycles. The monoisotopic (exact) mass is 260 g/mol. The molecular formula is C15H16O4. The molecule has 4 nitrogen and oxygen atoms in total. The van der Waals surface area contributed by atoms with Crippen LogP contribution >= 0.6 is 0 Å². The molecule has 1 aromatic rings. The zero-order valence-electron chi connectivity index (χ0n) is 11.1. The molecule has 2 aliphatic heterocycles. The largest absolute Gasteiger partial charge is 0.468 e. The lowest BCUT2D eigenvalue weighted by atomic mass is 9.91. The number of furan rings is 1. The normalized spacial score (nSPS) is 36.1. The lowest BCUT2D eigenvalue weighted by molar-refractivity contribution is -0.154. The van der Waals surface area contributed by atoms with Gasteiger partial charge in [0, 0.05) is 12.0 Å². The van der Waals surface area contributed by atoms with Gasteiger partial charge in [0.15, 0.2) is 11.7 Å². The van der Waals surface area contributed by atoms with E-state index in [0.717, 1.165) is 36.1 Å². The minimum atomic E-state index is -0.681. The Balaban J connectivity index is 1.85. The molecule has 3 atom stereocenters. The number of allylic oxidation sites excluding steroid dienone is 2. The standard InChI is InChI=1S/C15H16O4/c1-8-4-3-5-15-13(19-15)12(18-14(15)16)11-9(2)7-17-10(11)6-8/h4,7,12-13H,3,5-6H2,1-2H3/t12-,13+,15-/m0/s1. The van der Waals surface area contributed by atoms with Crippen molar-refractivity contribution in [1.29, 1.82) is 0 Å². The molecule has 3 aliphatic rings. The molecule has 1 aromatic heterocycles. The Labute approximate surface area is 111 Å². The van der Waals surface area contributed by atoms with Crippen LogP contribution in [0.2, 0.25) is 0 Å². The molecule has 4 rings (SSSR count). The summed E-state index contributed by atoms with van der Waals surface area (Å²) in [5.74, 6) is 0.694. The van der Waals surface area contributed by atoms with E-state index in [-0.39, 0.29) is 18.2 Å². The first-order valence-corrected chi connectivity index (χ1v) is 6.73. The van der Waals surface area contributed by atoms with Crippen LogP contribution in [0.15, 0.2) is 22.3 Å². The van der Waals surface area contributed by atoms with Crippen LogP contribution in [0, 0.1) is 6.92 Å². The average Bonchev–Trinajstić information content (AvgIpc) is 2.91. The van der Waals surface area contributed by atoms with Gasteiger partial charge in [-0.2, -0.15) is 0 Å². The molecule has 100 valence electrons. The molecule has 0 unspecified atom stereocenters. The summed E-state index contributed by atoms with van der Waals surface area (Å²) in [6, 6.07) is 0. The first-order valence-electron chi connectivity index (χ1n) is 6.73. The zero-order chi connectivity index (χ0) is 13.2. The maximum absolute atomic E-state index is 12.1. The Morgan fingerprint density at radius 3 is 3.00 bits per heavy atom. The van der Waals surface area contributed by atoms with Gasteiger partial charge < -0.3 is 13.9 Å². The maximum atomic E-state index is 12.1. The second-order valence-corrected chi connectivity index (χ2v) is 5.78. The highest BCUT2D eigenvalue weighted by Gasteiger charge is 2.73. The van der Waals surface area contributed by atoms with Gasteiger partial charge in [-0.3, -0.25) is 0 Å². The lowest BCUT2D eigenvalue weighted by Crippen LogP contribution is -2.22. The number of carbonyl (C=O) groups excluding carboxylic acids is 1. The molecule has 4 heteroatoms. The number of carbonyl (C=O) groups is 1. The van der Waals surface area contributed by atoms with E-state index in [1.54, 1.807) is 6.26 Å². The van der Waals surface area contributed by atoms with E-state index >= 15 is 0 Å². The summed E-state index contributed by atoms with van der Waals surface area (Å²) in [4.78, 5) is 12.1.